The topological polar surface area (TPSA) is 67.4 Å². The zero-order chi connectivity index (χ0) is 20.9. The lowest BCUT2D eigenvalue weighted by Crippen LogP contribution is -2.46. The molecular weight excluding hydrogens is 396 g/mol. The lowest BCUT2D eigenvalue weighted by molar-refractivity contribution is -0.139. The van der Waals surface area contributed by atoms with Crippen molar-refractivity contribution in [3.63, 3.8) is 0 Å². The Labute approximate surface area is 179 Å². The second-order valence-electron chi connectivity index (χ2n) is 6.85. The average Bonchev–Trinajstić information content (AvgIpc) is 2.78. The molecule has 152 valence electrons. The first-order chi connectivity index (χ1) is 14.7. The minimum Gasteiger partial charge on any atom is -0.463 e. The van der Waals surface area contributed by atoms with Crippen LogP contribution < -0.4 is 10.6 Å². The van der Waals surface area contributed by atoms with Gasteiger partial charge in [-0.3, -0.25) is 0 Å². The number of carbonyl (C=O) groups excluding carboxylic acids is 2. The van der Waals surface area contributed by atoms with Crippen molar-refractivity contribution in [1.82, 2.24) is 10.6 Å². The highest BCUT2D eigenvalue weighted by molar-refractivity contribution is 7.99. The van der Waals surface area contributed by atoms with E-state index in [0.29, 0.717) is 17.0 Å². The molecule has 0 unspecified atom stereocenters. The van der Waals surface area contributed by atoms with Crippen LogP contribution in [0.25, 0.3) is 10.8 Å². The van der Waals surface area contributed by atoms with Crippen molar-refractivity contribution in [3.05, 3.63) is 89.6 Å². The molecular formula is C24H22N2O3S. The summed E-state index contributed by atoms with van der Waals surface area (Å²) in [7, 11) is 0. The van der Waals surface area contributed by atoms with Crippen LogP contribution in [0.2, 0.25) is 0 Å². The summed E-state index contributed by atoms with van der Waals surface area (Å²) in [5.41, 5.74) is 1.85. The van der Waals surface area contributed by atoms with Gasteiger partial charge in [-0.05, 0) is 35.4 Å². The number of urea groups is 1. The predicted molar refractivity (Wildman–Crippen MR) is 119 cm³/mol. The first kappa shape index (κ1) is 20.0. The van der Waals surface area contributed by atoms with Crippen LogP contribution in [0, 0.1) is 0 Å². The highest BCUT2D eigenvalue weighted by Gasteiger charge is 2.33. The molecule has 2 N–H and O–H groups in total. The van der Waals surface area contributed by atoms with E-state index >= 15 is 0 Å². The summed E-state index contributed by atoms with van der Waals surface area (Å²) >= 11 is 1.57. The Bertz CT molecular complexity index is 1110. The first-order valence-electron chi connectivity index (χ1n) is 9.80. The minimum absolute atomic E-state index is 0.267. The largest absolute Gasteiger partial charge is 0.463 e. The van der Waals surface area contributed by atoms with E-state index in [-0.39, 0.29) is 12.6 Å². The smallest absolute Gasteiger partial charge is 0.338 e. The van der Waals surface area contributed by atoms with Crippen LogP contribution in [0.5, 0.6) is 0 Å². The van der Waals surface area contributed by atoms with Gasteiger partial charge in [0.25, 0.3) is 0 Å². The van der Waals surface area contributed by atoms with Crippen LogP contribution in [-0.2, 0) is 9.53 Å². The summed E-state index contributed by atoms with van der Waals surface area (Å²) in [6, 6.07) is 23.0. The van der Waals surface area contributed by atoms with E-state index in [1.807, 2.05) is 42.5 Å². The highest BCUT2D eigenvalue weighted by atomic mass is 32.2. The number of rotatable bonds is 6. The van der Waals surface area contributed by atoms with Crippen LogP contribution in [0.3, 0.4) is 0 Å². The van der Waals surface area contributed by atoms with Crippen LogP contribution in [0.4, 0.5) is 4.79 Å². The molecule has 0 saturated heterocycles. The number of hydrogen-bond donors (Lipinski definition) is 2. The number of ether oxygens (including phenoxy) is 1. The van der Waals surface area contributed by atoms with E-state index in [1.54, 1.807) is 18.7 Å². The molecule has 4 rings (SSSR count). The Balaban J connectivity index is 1.66. The zero-order valence-electron chi connectivity index (χ0n) is 16.6. The molecule has 0 aromatic heterocycles. The van der Waals surface area contributed by atoms with Crippen LogP contribution in [0.1, 0.15) is 18.5 Å². The van der Waals surface area contributed by atoms with Crippen molar-refractivity contribution in [3.8, 4) is 0 Å². The van der Waals surface area contributed by atoms with E-state index in [4.69, 9.17) is 4.74 Å². The van der Waals surface area contributed by atoms with Crippen LogP contribution in [-0.4, -0.2) is 24.4 Å². The van der Waals surface area contributed by atoms with Crippen LogP contribution >= 0.6 is 11.8 Å². The van der Waals surface area contributed by atoms with Gasteiger partial charge in [-0.1, -0.05) is 60.7 Å². The van der Waals surface area contributed by atoms with Gasteiger partial charge in [0.15, 0.2) is 0 Å². The second kappa shape index (κ2) is 9.05. The summed E-state index contributed by atoms with van der Waals surface area (Å²) in [5, 5.41) is 8.00. The molecule has 3 aromatic rings. The lowest BCUT2D eigenvalue weighted by atomic mass is 9.95. The number of esters is 1. The van der Waals surface area contributed by atoms with E-state index in [2.05, 4.69) is 41.0 Å². The Morgan fingerprint density at radius 1 is 1.00 bits per heavy atom. The summed E-state index contributed by atoms with van der Waals surface area (Å²) in [5.74, 6) is 0.0245. The molecule has 0 fully saturated rings. The van der Waals surface area contributed by atoms with Gasteiger partial charge in [-0.25, -0.2) is 9.59 Å². The summed E-state index contributed by atoms with van der Waals surface area (Å²) in [4.78, 5) is 26.2. The standard InChI is InChI=1S/C24H22N2O3S/c1-2-29-23(27)21-20(25-24(28)26-22(21)17-9-4-3-5-10-17)15-30-19-13-12-16-8-6-7-11-18(16)14-19/h3-14,22H,2,15H2,1H3,(H2,25,26,28)/t22-/m1/s1. The zero-order valence-corrected chi connectivity index (χ0v) is 17.4. The van der Waals surface area contributed by atoms with Gasteiger partial charge in [0.2, 0.25) is 0 Å². The summed E-state index contributed by atoms with van der Waals surface area (Å²) < 4.78 is 5.31. The van der Waals surface area contributed by atoms with Crippen molar-refractivity contribution in [2.24, 2.45) is 0 Å². The second-order valence-corrected chi connectivity index (χ2v) is 7.90. The van der Waals surface area contributed by atoms with Crippen molar-refractivity contribution in [2.45, 2.75) is 17.9 Å². The quantitative estimate of drug-likeness (QED) is 0.446. The molecule has 0 radical (unpaired) electrons. The first-order valence-corrected chi connectivity index (χ1v) is 10.8. The number of thioether (sulfide) groups is 1. The predicted octanol–water partition coefficient (Wildman–Crippen LogP) is 4.80. The normalized spacial score (nSPS) is 16.2. The van der Waals surface area contributed by atoms with Gasteiger partial charge in [0, 0.05) is 16.3 Å². The maximum absolute atomic E-state index is 12.8. The third-order valence-electron chi connectivity index (χ3n) is 4.89. The number of nitrogens with one attached hydrogen (secondary N) is 2. The molecule has 2 amide bonds. The fraction of sp³-hybridized carbons (Fsp3) is 0.167. The van der Waals surface area contributed by atoms with E-state index in [1.165, 1.54) is 5.39 Å². The number of hydrogen-bond acceptors (Lipinski definition) is 4. The minimum atomic E-state index is -0.550. The molecule has 0 spiro atoms. The number of benzene rings is 3. The Hall–Kier alpha value is -3.25. The summed E-state index contributed by atoms with van der Waals surface area (Å²) in [6.07, 6.45) is 0. The van der Waals surface area contributed by atoms with E-state index in [9.17, 15) is 9.59 Å². The number of carbonyl (C=O) groups is 2. The molecule has 1 aliphatic heterocycles. The van der Waals surface area contributed by atoms with Gasteiger partial charge < -0.3 is 15.4 Å². The van der Waals surface area contributed by atoms with Crippen LogP contribution in [0.15, 0.2) is 89.0 Å². The van der Waals surface area contributed by atoms with Gasteiger partial charge in [0.05, 0.1) is 18.2 Å². The lowest BCUT2D eigenvalue weighted by Gasteiger charge is -2.29. The Morgan fingerprint density at radius 3 is 2.50 bits per heavy atom. The van der Waals surface area contributed by atoms with Crippen molar-refractivity contribution in [2.75, 3.05) is 12.4 Å². The maximum Gasteiger partial charge on any atom is 0.338 e. The fourth-order valence-electron chi connectivity index (χ4n) is 3.49. The number of amides is 2. The third kappa shape index (κ3) is 4.33. The third-order valence-corrected chi connectivity index (χ3v) is 5.91. The van der Waals surface area contributed by atoms with Crippen molar-refractivity contribution >= 4 is 34.5 Å². The highest BCUT2D eigenvalue weighted by Crippen LogP contribution is 2.31. The Morgan fingerprint density at radius 2 is 1.73 bits per heavy atom. The van der Waals surface area contributed by atoms with E-state index < -0.39 is 12.0 Å². The number of fused-ring (bicyclic) bond motifs is 1. The molecule has 0 bridgehead atoms. The maximum atomic E-state index is 12.8. The molecule has 5 nitrogen and oxygen atoms in total. The molecule has 0 saturated carbocycles. The van der Waals surface area contributed by atoms with Gasteiger partial charge >= 0.3 is 12.0 Å². The van der Waals surface area contributed by atoms with Gasteiger partial charge in [0.1, 0.15) is 0 Å². The monoisotopic (exact) mass is 418 g/mol. The average molecular weight is 419 g/mol. The molecule has 30 heavy (non-hydrogen) atoms. The van der Waals surface area contributed by atoms with Gasteiger partial charge in [-0.2, -0.15) is 0 Å². The molecule has 3 aromatic carbocycles. The molecule has 1 heterocycles. The molecule has 6 heteroatoms. The van der Waals surface area contributed by atoms with E-state index in [0.717, 1.165) is 15.8 Å². The van der Waals surface area contributed by atoms with Crippen molar-refractivity contribution < 1.29 is 14.3 Å². The molecule has 1 atom stereocenters. The fourth-order valence-corrected chi connectivity index (χ4v) is 4.40. The SMILES string of the molecule is CCOC(=O)C1=C(CSc2ccc3ccccc3c2)NC(=O)N[C@@H]1c1ccccc1. The van der Waals surface area contributed by atoms with Gasteiger partial charge in [-0.15, -0.1) is 11.8 Å². The molecule has 1 aliphatic rings. The Kier molecular flexibility index (Phi) is 6.05. The van der Waals surface area contributed by atoms with Crippen molar-refractivity contribution in [1.29, 1.82) is 0 Å². The summed E-state index contributed by atoms with van der Waals surface area (Å²) in [6.45, 7) is 2.04. The molecule has 0 aliphatic carbocycles.